The van der Waals surface area contributed by atoms with Crippen LogP contribution >= 0.6 is 0 Å². The Labute approximate surface area is 131 Å². The molecule has 2 rings (SSSR count). The van der Waals surface area contributed by atoms with Gasteiger partial charge in [0.1, 0.15) is 0 Å². The Bertz CT molecular complexity index is 503. The predicted octanol–water partition coefficient (Wildman–Crippen LogP) is 2.75. The highest BCUT2D eigenvalue weighted by Crippen LogP contribution is 2.57. The van der Waals surface area contributed by atoms with Crippen molar-refractivity contribution in [3.05, 3.63) is 12.2 Å². The second-order valence-electron chi connectivity index (χ2n) is 6.50. The van der Waals surface area contributed by atoms with Crippen molar-refractivity contribution in [3.8, 4) is 0 Å². The summed E-state index contributed by atoms with van der Waals surface area (Å²) in [5.74, 6) is -1.28. The topological polar surface area (TPSA) is 74.7 Å². The minimum absolute atomic E-state index is 0.186. The van der Waals surface area contributed by atoms with Crippen LogP contribution in [0, 0.1) is 10.8 Å². The summed E-state index contributed by atoms with van der Waals surface area (Å²) >= 11 is 0. The van der Waals surface area contributed by atoms with Crippen molar-refractivity contribution in [2.75, 3.05) is 0 Å². The van der Waals surface area contributed by atoms with Crippen molar-refractivity contribution in [2.24, 2.45) is 10.8 Å². The van der Waals surface area contributed by atoms with Crippen molar-refractivity contribution in [2.45, 2.75) is 65.3 Å². The minimum Gasteiger partial charge on any atom is -0.481 e. The summed E-state index contributed by atoms with van der Waals surface area (Å²) in [4.78, 5) is 37.2. The van der Waals surface area contributed by atoms with Crippen LogP contribution in [0.5, 0.6) is 0 Å². The van der Waals surface area contributed by atoms with Crippen LogP contribution in [0.2, 0.25) is 0 Å². The van der Waals surface area contributed by atoms with E-state index >= 15 is 0 Å². The molecule has 22 heavy (non-hydrogen) atoms. The molecule has 2 atom stereocenters. The van der Waals surface area contributed by atoms with E-state index in [1.807, 2.05) is 20.8 Å². The third-order valence-electron chi connectivity index (χ3n) is 6.12. The van der Waals surface area contributed by atoms with Crippen LogP contribution in [0.25, 0.3) is 0 Å². The molecule has 5 nitrogen and oxygen atoms in total. The lowest BCUT2D eigenvalue weighted by molar-refractivity contribution is -0.169. The molecule has 0 spiro atoms. The van der Waals surface area contributed by atoms with Gasteiger partial charge in [-0.15, -0.1) is 0 Å². The lowest BCUT2D eigenvalue weighted by atomic mass is 9.51. The zero-order valence-corrected chi connectivity index (χ0v) is 13.6. The van der Waals surface area contributed by atoms with Crippen LogP contribution < -0.4 is 0 Å². The number of imide groups is 1. The molecule has 2 aliphatic rings. The van der Waals surface area contributed by atoms with Crippen LogP contribution in [0.4, 0.5) is 0 Å². The Morgan fingerprint density at radius 2 is 1.73 bits per heavy atom. The van der Waals surface area contributed by atoms with Crippen LogP contribution in [0.15, 0.2) is 12.2 Å². The highest BCUT2D eigenvalue weighted by molar-refractivity contribution is 6.13. The van der Waals surface area contributed by atoms with E-state index in [-0.39, 0.29) is 23.3 Å². The van der Waals surface area contributed by atoms with Gasteiger partial charge in [-0.1, -0.05) is 20.8 Å². The van der Waals surface area contributed by atoms with E-state index in [9.17, 15) is 19.5 Å². The van der Waals surface area contributed by atoms with Gasteiger partial charge >= 0.3 is 5.97 Å². The summed E-state index contributed by atoms with van der Waals surface area (Å²) in [7, 11) is 0. The van der Waals surface area contributed by atoms with E-state index in [4.69, 9.17) is 0 Å². The van der Waals surface area contributed by atoms with E-state index in [0.717, 1.165) is 12.8 Å². The van der Waals surface area contributed by atoms with Crippen LogP contribution in [0.1, 0.15) is 59.3 Å². The summed E-state index contributed by atoms with van der Waals surface area (Å²) in [5.41, 5.74) is -1.13. The fourth-order valence-electron chi connectivity index (χ4n) is 4.67. The number of rotatable bonds is 5. The van der Waals surface area contributed by atoms with Gasteiger partial charge in [-0.25, -0.2) is 0 Å². The molecule has 1 heterocycles. The number of carbonyl (C=O) groups excluding carboxylic acids is 2. The maximum Gasteiger partial charge on any atom is 0.310 e. The highest BCUT2D eigenvalue weighted by atomic mass is 16.4. The smallest absolute Gasteiger partial charge is 0.310 e. The number of amides is 2. The standard InChI is InChI=1S/C17H25NO4/c1-4-16(5-2)11-12(18-13(19)7-8-14(18)20)9-10-17(16,6-3)15(21)22/h7-8,12H,4-6,9-11H2,1-3H3,(H,21,22). The van der Waals surface area contributed by atoms with Gasteiger partial charge in [0, 0.05) is 18.2 Å². The van der Waals surface area contributed by atoms with E-state index < -0.39 is 11.4 Å². The summed E-state index contributed by atoms with van der Waals surface area (Å²) in [6, 6.07) is -0.186. The van der Waals surface area contributed by atoms with Gasteiger partial charge in [0.25, 0.3) is 11.8 Å². The molecule has 122 valence electrons. The number of aliphatic carboxylic acids is 1. The third kappa shape index (κ3) is 2.18. The molecule has 1 aliphatic carbocycles. The van der Waals surface area contributed by atoms with E-state index in [2.05, 4.69) is 0 Å². The normalized spacial score (nSPS) is 30.9. The molecule has 1 fully saturated rings. The first-order valence-electron chi connectivity index (χ1n) is 8.16. The van der Waals surface area contributed by atoms with E-state index in [1.54, 1.807) is 0 Å². The SMILES string of the molecule is CCC1(CC)CC(N2C(=O)C=CC2=O)CCC1(CC)C(=O)O. The molecule has 0 saturated heterocycles. The van der Waals surface area contributed by atoms with Crippen LogP contribution in [-0.2, 0) is 14.4 Å². The number of hydrogen-bond donors (Lipinski definition) is 1. The van der Waals surface area contributed by atoms with Gasteiger partial charge in [0.15, 0.2) is 0 Å². The molecular formula is C17H25NO4. The quantitative estimate of drug-likeness (QED) is 0.792. The zero-order valence-electron chi connectivity index (χ0n) is 13.6. The van der Waals surface area contributed by atoms with E-state index in [1.165, 1.54) is 17.1 Å². The highest BCUT2D eigenvalue weighted by Gasteiger charge is 2.57. The molecule has 0 aromatic carbocycles. The van der Waals surface area contributed by atoms with Crippen LogP contribution in [-0.4, -0.2) is 33.8 Å². The Hall–Kier alpha value is -1.65. The average molecular weight is 307 g/mol. The Morgan fingerprint density at radius 3 is 2.14 bits per heavy atom. The molecule has 1 N–H and O–H groups in total. The summed E-state index contributed by atoms with van der Waals surface area (Å²) in [5, 5.41) is 9.88. The predicted molar refractivity (Wildman–Crippen MR) is 82.0 cm³/mol. The first-order chi connectivity index (χ1) is 10.4. The van der Waals surface area contributed by atoms with Gasteiger partial charge in [-0.3, -0.25) is 19.3 Å². The van der Waals surface area contributed by atoms with Crippen molar-refractivity contribution in [1.82, 2.24) is 4.90 Å². The number of carbonyl (C=O) groups is 3. The summed E-state index contributed by atoms with van der Waals surface area (Å²) < 4.78 is 0. The van der Waals surface area contributed by atoms with Crippen molar-refractivity contribution < 1.29 is 19.5 Å². The first-order valence-corrected chi connectivity index (χ1v) is 8.16. The number of hydrogen-bond acceptors (Lipinski definition) is 3. The van der Waals surface area contributed by atoms with Crippen molar-refractivity contribution >= 4 is 17.8 Å². The molecule has 2 unspecified atom stereocenters. The van der Waals surface area contributed by atoms with Gasteiger partial charge in [0.2, 0.25) is 0 Å². The Balaban J connectivity index is 2.36. The summed E-state index contributed by atoms with van der Waals surface area (Å²) in [6.07, 6.45) is 6.34. The van der Waals surface area contributed by atoms with Crippen molar-refractivity contribution in [3.63, 3.8) is 0 Å². The lowest BCUT2D eigenvalue weighted by Gasteiger charge is -2.54. The second kappa shape index (κ2) is 5.86. The lowest BCUT2D eigenvalue weighted by Crippen LogP contribution is -2.56. The zero-order chi connectivity index (χ0) is 16.5. The average Bonchev–Trinajstić information content (AvgIpc) is 2.85. The second-order valence-corrected chi connectivity index (χ2v) is 6.50. The van der Waals surface area contributed by atoms with Gasteiger partial charge in [-0.2, -0.15) is 0 Å². The van der Waals surface area contributed by atoms with Gasteiger partial charge < -0.3 is 5.11 Å². The third-order valence-corrected chi connectivity index (χ3v) is 6.12. The first kappa shape index (κ1) is 16.7. The Morgan fingerprint density at radius 1 is 1.18 bits per heavy atom. The molecule has 5 heteroatoms. The molecule has 1 saturated carbocycles. The molecular weight excluding hydrogens is 282 g/mol. The van der Waals surface area contributed by atoms with Gasteiger partial charge in [0.05, 0.1) is 5.41 Å². The minimum atomic E-state index is -0.758. The van der Waals surface area contributed by atoms with Crippen molar-refractivity contribution in [1.29, 1.82) is 0 Å². The molecule has 0 aromatic heterocycles. The maximum absolute atomic E-state index is 12.0. The molecule has 0 aromatic rings. The maximum atomic E-state index is 12.0. The summed E-state index contributed by atoms with van der Waals surface area (Å²) in [6.45, 7) is 5.97. The van der Waals surface area contributed by atoms with Crippen LogP contribution in [0.3, 0.4) is 0 Å². The number of carboxylic acid groups (broad SMARTS) is 1. The largest absolute Gasteiger partial charge is 0.481 e. The van der Waals surface area contributed by atoms with Gasteiger partial charge in [-0.05, 0) is 43.9 Å². The fourth-order valence-corrected chi connectivity index (χ4v) is 4.67. The number of nitrogens with zero attached hydrogens (tertiary/aromatic N) is 1. The van der Waals surface area contributed by atoms with E-state index in [0.29, 0.717) is 25.7 Å². The monoisotopic (exact) mass is 307 g/mol. The fraction of sp³-hybridized carbons (Fsp3) is 0.706. The number of carboxylic acids is 1. The Kier molecular flexibility index (Phi) is 4.45. The molecule has 0 bridgehead atoms. The molecule has 1 aliphatic heterocycles. The molecule has 2 amide bonds. The molecule has 0 radical (unpaired) electrons.